The van der Waals surface area contributed by atoms with Crippen LogP contribution in [-0.4, -0.2) is 15.9 Å². The summed E-state index contributed by atoms with van der Waals surface area (Å²) in [5.74, 6) is -0.227. The maximum atomic E-state index is 11.7. The van der Waals surface area contributed by atoms with Crippen molar-refractivity contribution in [2.45, 2.75) is 29.7 Å². The van der Waals surface area contributed by atoms with Crippen LogP contribution in [0, 0.1) is 0 Å². The minimum absolute atomic E-state index is 0.227. The Morgan fingerprint density at radius 3 is 2.50 bits per heavy atom. The molecular formula is C12H13Cl5N2O. The Labute approximate surface area is 142 Å². The molecule has 0 fully saturated rings. The van der Waals surface area contributed by atoms with Crippen molar-refractivity contribution in [3.8, 4) is 0 Å². The van der Waals surface area contributed by atoms with Gasteiger partial charge in [-0.05, 0) is 18.6 Å². The van der Waals surface area contributed by atoms with Gasteiger partial charge in [0.15, 0.2) is 0 Å². The molecule has 0 bridgehead atoms. The highest BCUT2D eigenvalue weighted by molar-refractivity contribution is 6.68. The third-order valence-corrected chi connectivity index (χ3v) is 3.83. The summed E-state index contributed by atoms with van der Waals surface area (Å²) in [6.45, 7) is 1.88. The van der Waals surface area contributed by atoms with Crippen LogP contribution in [0.25, 0.3) is 0 Å². The lowest BCUT2D eigenvalue weighted by atomic mass is 10.3. The number of alkyl halides is 3. The Bertz CT molecular complexity index is 475. The summed E-state index contributed by atoms with van der Waals surface area (Å²) >= 11 is 29.5. The van der Waals surface area contributed by atoms with Crippen molar-refractivity contribution in [1.29, 1.82) is 0 Å². The molecule has 1 aromatic carbocycles. The monoisotopic (exact) mass is 376 g/mol. The molecule has 1 aromatic rings. The van der Waals surface area contributed by atoms with E-state index in [1.54, 1.807) is 18.2 Å². The minimum Gasteiger partial charge on any atom is -0.361 e. The van der Waals surface area contributed by atoms with E-state index in [4.69, 9.17) is 58.0 Å². The second-order valence-corrected chi connectivity index (χ2v) is 7.19. The van der Waals surface area contributed by atoms with E-state index in [0.29, 0.717) is 23.6 Å². The molecule has 112 valence electrons. The third kappa shape index (κ3) is 5.38. The predicted octanol–water partition coefficient (Wildman–Crippen LogP) is 5.02. The molecule has 0 spiro atoms. The summed E-state index contributed by atoms with van der Waals surface area (Å²) in [5.41, 5.74) is 0.465. The second kappa shape index (κ2) is 7.81. The molecule has 1 atom stereocenters. The van der Waals surface area contributed by atoms with Crippen LogP contribution >= 0.6 is 58.0 Å². The van der Waals surface area contributed by atoms with Gasteiger partial charge in [-0.2, -0.15) is 0 Å². The summed E-state index contributed by atoms with van der Waals surface area (Å²) in [4.78, 5) is 11.7. The van der Waals surface area contributed by atoms with Gasteiger partial charge in [0.2, 0.25) is 9.70 Å². The van der Waals surface area contributed by atoms with Crippen molar-refractivity contribution < 1.29 is 4.79 Å². The van der Waals surface area contributed by atoms with Gasteiger partial charge in [0, 0.05) is 6.42 Å². The Hall–Kier alpha value is -0.0600. The number of rotatable bonds is 5. The fraction of sp³-hybridized carbons (Fsp3) is 0.417. The van der Waals surface area contributed by atoms with Gasteiger partial charge in [0.05, 0.1) is 15.7 Å². The molecule has 0 heterocycles. The average Bonchev–Trinajstić information content (AvgIpc) is 2.33. The van der Waals surface area contributed by atoms with Crippen molar-refractivity contribution in [3.05, 3.63) is 28.2 Å². The van der Waals surface area contributed by atoms with Crippen LogP contribution in [0.2, 0.25) is 10.0 Å². The zero-order chi connectivity index (χ0) is 15.3. The van der Waals surface area contributed by atoms with Crippen molar-refractivity contribution >= 4 is 69.6 Å². The van der Waals surface area contributed by atoms with Crippen LogP contribution in [0.1, 0.15) is 19.8 Å². The van der Waals surface area contributed by atoms with E-state index < -0.39 is 9.96 Å². The van der Waals surface area contributed by atoms with Crippen molar-refractivity contribution in [2.75, 3.05) is 5.32 Å². The van der Waals surface area contributed by atoms with Crippen LogP contribution in [-0.2, 0) is 4.79 Å². The van der Waals surface area contributed by atoms with E-state index in [-0.39, 0.29) is 10.9 Å². The van der Waals surface area contributed by atoms with Crippen LogP contribution in [0.3, 0.4) is 0 Å². The van der Waals surface area contributed by atoms with Crippen molar-refractivity contribution in [3.63, 3.8) is 0 Å². The van der Waals surface area contributed by atoms with E-state index in [9.17, 15) is 4.79 Å². The largest absolute Gasteiger partial charge is 0.361 e. The lowest BCUT2D eigenvalue weighted by Crippen LogP contribution is -2.49. The van der Waals surface area contributed by atoms with Crippen LogP contribution < -0.4 is 10.6 Å². The number of carbonyl (C=O) groups is 1. The maximum Gasteiger partial charge on any atom is 0.228 e. The van der Waals surface area contributed by atoms with Gasteiger partial charge < -0.3 is 10.6 Å². The van der Waals surface area contributed by atoms with Gasteiger partial charge in [-0.15, -0.1) is 0 Å². The molecule has 20 heavy (non-hydrogen) atoms. The highest BCUT2D eigenvalue weighted by atomic mass is 35.6. The Morgan fingerprint density at radius 2 is 1.95 bits per heavy atom. The highest BCUT2D eigenvalue weighted by Gasteiger charge is 2.34. The normalized spacial score (nSPS) is 12.9. The van der Waals surface area contributed by atoms with Gasteiger partial charge in [-0.25, -0.2) is 0 Å². The lowest BCUT2D eigenvalue weighted by Gasteiger charge is -2.28. The smallest absolute Gasteiger partial charge is 0.228 e. The van der Waals surface area contributed by atoms with Crippen molar-refractivity contribution in [2.24, 2.45) is 0 Å². The Balaban J connectivity index is 2.90. The lowest BCUT2D eigenvalue weighted by molar-refractivity contribution is -0.121. The molecule has 0 aliphatic heterocycles. The average molecular weight is 379 g/mol. The Kier molecular flexibility index (Phi) is 7.02. The van der Waals surface area contributed by atoms with Gasteiger partial charge >= 0.3 is 0 Å². The third-order valence-electron chi connectivity index (χ3n) is 2.36. The molecule has 2 N–H and O–H groups in total. The Morgan fingerprint density at radius 1 is 1.30 bits per heavy atom. The van der Waals surface area contributed by atoms with E-state index in [1.165, 1.54) is 0 Å². The number of hydrogen-bond acceptors (Lipinski definition) is 2. The molecule has 8 heteroatoms. The van der Waals surface area contributed by atoms with Gasteiger partial charge in [0.1, 0.15) is 6.17 Å². The molecule has 0 unspecified atom stereocenters. The summed E-state index contributed by atoms with van der Waals surface area (Å²) in [6.07, 6.45) is 0.0981. The SMILES string of the molecule is CCCC(=O)N[C@@H](Nc1cccc(Cl)c1Cl)C(Cl)(Cl)Cl. The maximum absolute atomic E-state index is 11.7. The number of anilines is 1. The highest BCUT2D eigenvalue weighted by Crippen LogP contribution is 2.35. The van der Waals surface area contributed by atoms with Crippen LogP contribution in [0.4, 0.5) is 5.69 Å². The van der Waals surface area contributed by atoms with Gasteiger partial charge in [0.25, 0.3) is 0 Å². The van der Waals surface area contributed by atoms with E-state index in [1.807, 2.05) is 6.92 Å². The molecule has 0 radical (unpaired) electrons. The first kappa shape index (κ1) is 18.0. The standard InChI is InChI=1S/C12H13Cl5N2O/c1-2-4-9(20)19-11(12(15,16)17)18-8-6-3-5-7(13)10(8)14/h3,5-6,11,18H,2,4H2,1H3,(H,19,20)/t11-/m1/s1. The van der Waals surface area contributed by atoms with E-state index in [0.717, 1.165) is 0 Å². The quantitative estimate of drug-likeness (QED) is 0.558. The van der Waals surface area contributed by atoms with Crippen molar-refractivity contribution in [1.82, 2.24) is 5.32 Å². The fourth-order valence-corrected chi connectivity index (χ4v) is 2.11. The molecule has 0 saturated carbocycles. The molecule has 3 nitrogen and oxygen atoms in total. The number of halogens is 5. The second-order valence-electron chi connectivity index (χ2n) is 4.04. The topological polar surface area (TPSA) is 41.1 Å². The number of hydrogen-bond donors (Lipinski definition) is 2. The predicted molar refractivity (Wildman–Crippen MR) is 87.2 cm³/mol. The fourth-order valence-electron chi connectivity index (χ4n) is 1.43. The molecule has 0 aromatic heterocycles. The number of benzene rings is 1. The minimum atomic E-state index is -1.74. The number of nitrogens with one attached hydrogen (secondary N) is 2. The first-order chi connectivity index (χ1) is 9.25. The van der Waals surface area contributed by atoms with E-state index >= 15 is 0 Å². The van der Waals surface area contributed by atoms with Gasteiger partial charge in [-0.1, -0.05) is 71.0 Å². The van der Waals surface area contributed by atoms with E-state index in [2.05, 4.69) is 10.6 Å². The number of amides is 1. The summed E-state index contributed by atoms with van der Waals surface area (Å²) < 4.78 is -1.74. The molecule has 0 aliphatic carbocycles. The van der Waals surface area contributed by atoms with Crippen LogP contribution in [0.15, 0.2) is 18.2 Å². The molecule has 0 aliphatic rings. The molecular weight excluding hydrogens is 365 g/mol. The molecule has 1 rings (SSSR count). The zero-order valence-corrected chi connectivity index (χ0v) is 14.3. The summed E-state index contributed by atoms with van der Waals surface area (Å²) in [7, 11) is 0. The summed E-state index contributed by atoms with van der Waals surface area (Å²) in [6, 6.07) is 5.00. The molecule has 0 saturated heterocycles. The van der Waals surface area contributed by atoms with Crippen LogP contribution in [0.5, 0.6) is 0 Å². The first-order valence-electron chi connectivity index (χ1n) is 5.82. The zero-order valence-electron chi connectivity index (χ0n) is 10.5. The van der Waals surface area contributed by atoms with Gasteiger partial charge in [-0.3, -0.25) is 4.79 Å². The first-order valence-corrected chi connectivity index (χ1v) is 7.71. The summed E-state index contributed by atoms with van der Waals surface area (Å²) in [5, 5.41) is 6.13. The number of carbonyl (C=O) groups excluding carboxylic acids is 1. The molecule has 1 amide bonds.